The highest BCUT2D eigenvalue weighted by molar-refractivity contribution is 5.14. The lowest BCUT2D eigenvalue weighted by molar-refractivity contribution is -0.0430. The summed E-state index contributed by atoms with van der Waals surface area (Å²) in [5, 5.41) is 14.0. The van der Waals surface area contributed by atoms with E-state index in [2.05, 4.69) is 43.4 Å². The fraction of sp³-hybridized carbons (Fsp3) is 0.625. The minimum atomic E-state index is -0.426. The predicted molar refractivity (Wildman–Crippen MR) is 75.3 cm³/mol. The summed E-state index contributed by atoms with van der Waals surface area (Å²) >= 11 is 0. The standard InChI is InChI=1S/C16H25NO/c1-13(2)16(18)10-8-15(9-11-16)17-12-14-6-4-3-5-7-14/h3-7,13,15,17-18H,8-12H2,1-2H3. The highest BCUT2D eigenvalue weighted by Crippen LogP contribution is 2.34. The Hall–Kier alpha value is -0.860. The molecule has 0 aliphatic heterocycles. The zero-order valence-corrected chi connectivity index (χ0v) is 11.5. The second-order valence-corrected chi connectivity index (χ2v) is 5.90. The smallest absolute Gasteiger partial charge is 0.0671 e. The molecule has 18 heavy (non-hydrogen) atoms. The van der Waals surface area contributed by atoms with Gasteiger partial charge in [-0.3, -0.25) is 0 Å². The zero-order chi connectivity index (χ0) is 13.0. The third-order valence-corrected chi connectivity index (χ3v) is 4.36. The predicted octanol–water partition coefficient (Wildman–Crippen LogP) is 3.11. The average Bonchev–Trinajstić information content (AvgIpc) is 2.39. The fourth-order valence-electron chi connectivity index (χ4n) is 2.76. The summed E-state index contributed by atoms with van der Waals surface area (Å²) < 4.78 is 0. The minimum absolute atomic E-state index is 0.368. The SMILES string of the molecule is CC(C)C1(O)CCC(NCc2ccccc2)CC1. The van der Waals surface area contributed by atoms with Crippen LogP contribution in [0.5, 0.6) is 0 Å². The van der Waals surface area contributed by atoms with Crippen LogP contribution < -0.4 is 5.32 Å². The van der Waals surface area contributed by atoms with Crippen molar-refractivity contribution >= 4 is 0 Å². The molecule has 0 amide bonds. The van der Waals surface area contributed by atoms with Crippen molar-refractivity contribution in [2.75, 3.05) is 0 Å². The van der Waals surface area contributed by atoms with E-state index in [1.54, 1.807) is 0 Å². The maximum absolute atomic E-state index is 10.4. The van der Waals surface area contributed by atoms with Gasteiger partial charge in [-0.25, -0.2) is 0 Å². The summed E-state index contributed by atoms with van der Waals surface area (Å²) in [4.78, 5) is 0. The lowest BCUT2D eigenvalue weighted by atomic mass is 9.75. The molecule has 0 radical (unpaired) electrons. The van der Waals surface area contributed by atoms with E-state index in [4.69, 9.17) is 0 Å². The molecule has 1 saturated carbocycles. The second-order valence-electron chi connectivity index (χ2n) is 5.90. The highest BCUT2D eigenvalue weighted by Gasteiger charge is 2.35. The van der Waals surface area contributed by atoms with Gasteiger partial charge in [0.1, 0.15) is 0 Å². The molecular weight excluding hydrogens is 222 g/mol. The van der Waals surface area contributed by atoms with Gasteiger partial charge in [0.15, 0.2) is 0 Å². The molecule has 2 rings (SSSR count). The molecule has 2 nitrogen and oxygen atoms in total. The molecule has 1 fully saturated rings. The first-order chi connectivity index (χ1) is 8.60. The normalized spacial score (nSPS) is 28.6. The second kappa shape index (κ2) is 5.85. The Morgan fingerprint density at radius 2 is 1.83 bits per heavy atom. The quantitative estimate of drug-likeness (QED) is 0.857. The van der Waals surface area contributed by atoms with Gasteiger partial charge in [0, 0.05) is 12.6 Å². The van der Waals surface area contributed by atoms with Gasteiger partial charge in [-0.1, -0.05) is 44.2 Å². The Balaban J connectivity index is 1.77. The van der Waals surface area contributed by atoms with Gasteiger partial charge in [-0.15, -0.1) is 0 Å². The summed E-state index contributed by atoms with van der Waals surface area (Å²) in [6, 6.07) is 11.1. The van der Waals surface area contributed by atoms with E-state index in [1.165, 1.54) is 5.56 Å². The molecule has 0 bridgehead atoms. The lowest BCUT2D eigenvalue weighted by Gasteiger charge is -2.39. The third kappa shape index (κ3) is 3.33. The van der Waals surface area contributed by atoms with E-state index in [1.807, 2.05) is 6.07 Å². The van der Waals surface area contributed by atoms with Crippen molar-refractivity contribution in [3.63, 3.8) is 0 Å². The van der Waals surface area contributed by atoms with E-state index in [-0.39, 0.29) is 0 Å². The Labute approximate surface area is 110 Å². The van der Waals surface area contributed by atoms with Crippen molar-refractivity contribution in [1.29, 1.82) is 0 Å². The van der Waals surface area contributed by atoms with Crippen molar-refractivity contribution in [3.8, 4) is 0 Å². The molecular formula is C16H25NO. The van der Waals surface area contributed by atoms with Crippen LogP contribution >= 0.6 is 0 Å². The van der Waals surface area contributed by atoms with Crippen molar-refractivity contribution in [2.45, 2.75) is 57.7 Å². The van der Waals surface area contributed by atoms with Gasteiger partial charge in [-0.05, 0) is 37.2 Å². The highest BCUT2D eigenvalue weighted by atomic mass is 16.3. The summed E-state index contributed by atoms with van der Waals surface area (Å²) in [5.74, 6) is 0.368. The Morgan fingerprint density at radius 1 is 1.22 bits per heavy atom. The van der Waals surface area contributed by atoms with Crippen molar-refractivity contribution in [1.82, 2.24) is 5.32 Å². The molecule has 0 unspecified atom stereocenters. The zero-order valence-electron chi connectivity index (χ0n) is 11.5. The number of hydrogen-bond donors (Lipinski definition) is 2. The monoisotopic (exact) mass is 247 g/mol. The van der Waals surface area contributed by atoms with E-state index < -0.39 is 5.60 Å². The molecule has 0 heterocycles. The Kier molecular flexibility index (Phi) is 4.41. The topological polar surface area (TPSA) is 32.3 Å². The molecule has 0 aromatic heterocycles. The first-order valence-corrected chi connectivity index (χ1v) is 7.10. The first-order valence-electron chi connectivity index (χ1n) is 7.10. The number of benzene rings is 1. The van der Waals surface area contributed by atoms with Crippen LogP contribution in [0.1, 0.15) is 45.1 Å². The van der Waals surface area contributed by atoms with Gasteiger partial charge in [0.25, 0.3) is 0 Å². The molecule has 1 aromatic rings. The van der Waals surface area contributed by atoms with Gasteiger partial charge in [0.2, 0.25) is 0 Å². The van der Waals surface area contributed by atoms with Crippen molar-refractivity contribution in [2.24, 2.45) is 5.92 Å². The van der Waals surface area contributed by atoms with E-state index in [0.29, 0.717) is 12.0 Å². The Bertz CT molecular complexity index is 353. The van der Waals surface area contributed by atoms with Gasteiger partial charge >= 0.3 is 0 Å². The van der Waals surface area contributed by atoms with Crippen LogP contribution in [-0.4, -0.2) is 16.7 Å². The van der Waals surface area contributed by atoms with Crippen LogP contribution in [0.3, 0.4) is 0 Å². The lowest BCUT2D eigenvalue weighted by Crippen LogP contribution is -2.44. The summed E-state index contributed by atoms with van der Waals surface area (Å²) in [6.07, 6.45) is 4.03. The van der Waals surface area contributed by atoms with Gasteiger partial charge < -0.3 is 10.4 Å². The molecule has 100 valence electrons. The van der Waals surface area contributed by atoms with Gasteiger partial charge in [-0.2, -0.15) is 0 Å². The number of rotatable bonds is 4. The number of aliphatic hydroxyl groups is 1. The van der Waals surface area contributed by atoms with E-state index in [9.17, 15) is 5.11 Å². The third-order valence-electron chi connectivity index (χ3n) is 4.36. The molecule has 0 saturated heterocycles. The molecule has 0 spiro atoms. The molecule has 2 heteroatoms. The van der Waals surface area contributed by atoms with E-state index in [0.717, 1.165) is 32.2 Å². The summed E-state index contributed by atoms with van der Waals surface area (Å²) in [5.41, 5.74) is 0.910. The van der Waals surface area contributed by atoms with Crippen LogP contribution in [0, 0.1) is 5.92 Å². The largest absolute Gasteiger partial charge is 0.390 e. The van der Waals surface area contributed by atoms with Crippen LogP contribution in [0.4, 0.5) is 0 Å². The summed E-state index contributed by atoms with van der Waals surface area (Å²) in [6.45, 7) is 5.18. The molecule has 1 aliphatic carbocycles. The minimum Gasteiger partial charge on any atom is -0.390 e. The number of hydrogen-bond acceptors (Lipinski definition) is 2. The van der Waals surface area contributed by atoms with Crippen molar-refractivity contribution in [3.05, 3.63) is 35.9 Å². The average molecular weight is 247 g/mol. The van der Waals surface area contributed by atoms with Crippen LogP contribution in [0.15, 0.2) is 30.3 Å². The molecule has 2 N–H and O–H groups in total. The molecule has 0 atom stereocenters. The van der Waals surface area contributed by atoms with Crippen LogP contribution in [-0.2, 0) is 6.54 Å². The number of nitrogens with one attached hydrogen (secondary N) is 1. The first kappa shape index (κ1) is 13.6. The molecule has 1 aromatic carbocycles. The maximum atomic E-state index is 10.4. The molecule has 1 aliphatic rings. The fourth-order valence-corrected chi connectivity index (χ4v) is 2.76. The summed E-state index contributed by atoms with van der Waals surface area (Å²) in [7, 11) is 0. The van der Waals surface area contributed by atoms with Crippen LogP contribution in [0.25, 0.3) is 0 Å². The van der Waals surface area contributed by atoms with E-state index >= 15 is 0 Å². The van der Waals surface area contributed by atoms with Crippen molar-refractivity contribution < 1.29 is 5.11 Å². The Morgan fingerprint density at radius 3 is 2.39 bits per heavy atom. The maximum Gasteiger partial charge on any atom is 0.0671 e. The van der Waals surface area contributed by atoms with Crippen LogP contribution in [0.2, 0.25) is 0 Å². The van der Waals surface area contributed by atoms with Gasteiger partial charge in [0.05, 0.1) is 5.60 Å².